The zero-order chi connectivity index (χ0) is 18.5. The SMILES string of the molecule is CC(C)(C)c1cc2c(o1)CCC(CC(C)(C)c1cc3c(s1)CCCC3)C2. The highest BCUT2D eigenvalue weighted by Crippen LogP contribution is 2.42. The van der Waals surface area contributed by atoms with Crippen LogP contribution in [0.5, 0.6) is 0 Å². The summed E-state index contributed by atoms with van der Waals surface area (Å²) >= 11 is 2.11. The Morgan fingerprint density at radius 3 is 2.50 bits per heavy atom. The van der Waals surface area contributed by atoms with E-state index in [9.17, 15) is 0 Å². The van der Waals surface area contributed by atoms with Crippen molar-refractivity contribution >= 4 is 11.3 Å². The molecule has 0 aromatic carbocycles. The van der Waals surface area contributed by atoms with Gasteiger partial charge in [-0.2, -0.15) is 0 Å². The largest absolute Gasteiger partial charge is 0.465 e. The molecule has 26 heavy (non-hydrogen) atoms. The second kappa shape index (κ2) is 6.55. The monoisotopic (exact) mass is 370 g/mol. The summed E-state index contributed by atoms with van der Waals surface area (Å²) in [6.07, 6.45) is 10.3. The van der Waals surface area contributed by atoms with Gasteiger partial charge >= 0.3 is 0 Å². The Kier molecular flexibility index (Phi) is 4.62. The molecule has 0 saturated carbocycles. The van der Waals surface area contributed by atoms with Gasteiger partial charge in [0, 0.05) is 21.6 Å². The fraction of sp³-hybridized carbons (Fsp3) is 0.667. The first-order valence-corrected chi connectivity index (χ1v) is 11.3. The summed E-state index contributed by atoms with van der Waals surface area (Å²) < 4.78 is 6.19. The summed E-state index contributed by atoms with van der Waals surface area (Å²) in [5, 5.41) is 0. The summed E-state index contributed by atoms with van der Waals surface area (Å²) in [7, 11) is 0. The predicted molar refractivity (Wildman–Crippen MR) is 112 cm³/mol. The lowest BCUT2D eigenvalue weighted by Crippen LogP contribution is -2.24. The number of thiophene rings is 1. The Bertz CT molecular complexity index is 760. The molecule has 2 heterocycles. The Labute approximate surface area is 163 Å². The van der Waals surface area contributed by atoms with Gasteiger partial charge in [0.05, 0.1) is 0 Å². The number of rotatable bonds is 3. The van der Waals surface area contributed by atoms with E-state index in [1.807, 2.05) is 0 Å². The molecule has 0 bridgehead atoms. The van der Waals surface area contributed by atoms with Crippen LogP contribution in [0, 0.1) is 5.92 Å². The molecule has 2 aromatic heterocycles. The maximum absolute atomic E-state index is 6.19. The summed E-state index contributed by atoms with van der Waals surface area (Å²) in [6, 6.07) is 4.89. The van der Waals surface area contributed by atoms with Gasteiger partial charge in [-0.1, -0.05) is 34.6 Å². The Balaban J connectivity index is 1.49. The van der Waals surface area contributed by atoms with Crippen molar-refractivity contribution in [3.8, 4) is 0 Å². The van der Waals surface area contributed by atoms with Crippen LogP contribution in [0.4, 0.5) is 0 Å². The lowest BCUT2D eigenvalue weighted by Gasteiger charge is -2.31. The molecule has 0 spiro atoms. The summed E-state index contributed by atoms with van der Waals surface area (Å²) in [6.45, 7) is 11.7. The van der Waals surface area contributed by atoms with Gasteiger partial charge in [-0.3, -0.25) is 0 Å². The summed E-state index contributed by atoms with van der Waals surface area (Å²) in [5.41, 5.74) is 3.54. The molecule has 2 heteroatoms. The molecule has 0 N–H and O–H groups in total. The second-order valence-corrected chi connectivity index (χ2v) is 11.4. The fourth-order valence-electron chi connectivity index (χ4n) is 4.79. The minimum Gasteiger partial charge on any atom is -0.465 e. The smallest absolute Gasteiger partial charge is 0.109 e. The molecule has 142 valence electrons. The van der Waals surface area contributed by atoms with Gasteiger partial charge in [-0.05, 0) is 79.5 Å². The minimum atomic E-state index is 0.113. The van der Waals surface area contributed by atoms with Gasteiger partial charge in [0.2, 0.25) is 0 Å². The van der Waals surface area contributed by atoms with Crippen LogP contribution in [0.1, 0.15) is 92.7 Å². The topological polar surface area (TPSA) is 13.1 Å². The van der Waals surface area contributed by atoms with E-state index in [1.54, 1.807) is 15.3 Å². The fourth-order valence-corrected chi connectivity index (χ4v) is 6.15. The molecular weight excluding hydrogens is 336 g/mol. The van der Waals surface area contributed by atoms with Crippen molar-refractivity contribution in [2.45, 2.75) is 96.8 Å². The van der Waals surface area contributed by atoms with E-state index < -0.39 is 0 Å². The van der Waals surface area contributed by atoms with Gasteiger partial charge in [-0.15, -0.1) is 11.3 Å². The third-order valence-electron chi connectivity index (χ3n) is 6.39. The molecule has 4 rings (SSSR count). The number of fused-ring (bicyclic) bond motifs is 2. The molecule has 0 fully saturated rings. The Morgan fingerprint density at radius 2 is 1.77 bits per heavy atom. The van der Waals surface area contributed by atoms with Crippen LogP contribution in [-0.2, 0) is 36.5 Å². The van der Waals surface area contributed by atoms with Gasteiger partial charge < -0.3 is 4.42 Å². The van der Waals surface area contributed by atoms with Crippen molar-refractivity contribution in [3.63, 3.8) is 0 Å². The maximum atomic E-state index is 6.19. The van der Waals surface area contributed by atoms with Crippen molar-refractivity contribution in [1.82, 2.24) is 0 Å². The zero-order valence-electron chi connectivity index (χ0n) is 17.2. The number of aryl methyl sites for hydroxylation is 3. The molecule has 0 aliphatic heterocycles. The lowest BCUT2D eigenvalue weighted by molar-refractivity contribution is 0.310. The average molecular weight is 371 g/mol. The minimum absolute atomic E-state index is 0.113. The molecule has 0 radical (unpaired) electrons. The van der Waals surface area contributed by atoms with E-state index in [0.717, 1.165) is 18.1 Å². The van der Waals surface area contributed by atoms with Gasteiger partial charge in [-0.25, -0.2) is 0 Å². The summed E-state index contributed by atoms with van der Waals surface area (Å²) in [4.78, 5) is 3.30. The van der Waals surface area contributed by atoms with Crippen LogP contribution in [-0.4, -0.2) is 0 Å². The predicted octanol–water partition coefficient (Wildman–Crippen LogP) is 6.99. The van der Waals surface area contributed by atoms with Crippen LogP contribution in [0.15, 0.2) is 16.5 Å². The van der Waals surface area contributed by atoms with Gasteiger partial charge in [0.1, 0.15) is 11.5 Å². The Hall–Kier alpha value is -1.02. The first kappa shape index (κ1) is 18.3. The average Bonchev–Trinajstić information content (AvgIpc) is 3.18. The van der Waals surface area contributed by atoms with E-state index in [0.29, 0.717) is 5.41 Å². The standard InChI is InChI=1S/C24H34OS/c1-23(2,3)21-13-18-12-16(10-11-19(18)25-21)15-24(4,5)22-14-17-8-6-7-9-20(17)26-22/h13-14,16H,6-12,15H2,1-5H3. The highest BCUT2D eigenvalue weighted by molar-refractivity contribution is 7.12. The first-order valence-electron chi connectivity index (χ1n) is 10.5. The van der Waals surface area contributed by atoms with Crippen LogP contribution in [0.25, 0.3) is 0 Å². The highest BCUT2D eigenvalue weighted by atomic mass is 32.1. The molecule has 2 aliphatic carbocycles. The quantitative estimate of drug-likeness (QED) is 0.567. The lowest BCUT2D eigenvalue weighted by atomic mass is 9.75. The van der Waals surface area contributed by atoms with Crippen LogP contribution in [0.2, 0.25) is 0 Å². The summed E-state index contributed by atoms with van der Waals surface area (Å²) in [5.74, 6) is 3.20. The number of furan rings is 1. The molecule has 0 saturated heterocycles. The van der Waals surface area contributed by atoms with Crippen LogP contribution >= 0.6 is 11.3 Å². The van der Waals surface area contributed by atoms with Crippen molar-refractivity contribution in [2.75, 3.05) is 0 Å². The van der Waals surface area contributed by atoms with Crippen molar-refractivity contribution < 1.29 is 4.42 Å². The van der Waals surface area contributed by atoms with Gasteiger partial charge in [0.25, 0.3) is 0 Å². The zero-order valence-corrected chi connectivity index (χ0v) is 18.0. The second-order valence-electron chi connectivity index (χ2n) is 10.3. The van der Waals surface area contributed by atoms with E-state index >= 15 is 0 Å². The maximum Gasteiger partial charge on any atom is 0.109 e. The highest BCUT2D eigenvalue weighted by Gasteiger charge is 2.32. The molecular formula is C24H34OS. The first-order chi connectivity index (χ1) is 12.2. The molecule has 2 aromatic rings. The Morgan fingerprint density at radius 1 is 1.00 bits per heavy atom. The molecule has 1 atom stereocenters. The third-order valence-corrected chi connectivity index (χ3v) is 7.99. The molecule has 1 unspecified atom stereocenters. The van der Waals surface area contributed by atoms with Crippen LogP contribution in [0.3, 0.4) is 0 Å². The van der Waals surface area contributed by atoms with E-state index in [2.05, 4.69) is 58.1 Å². The number of hydrogen-bond acceptors (Lipinski definition) is 2. The van der Waals surface area contributed by atoms with Crippen LogP contribution < -0.4 is 0 Å². The van der Waals surface area contributed by atoms with Crippen molar-refractivity contribution in [1.29, 1.82) is 0 Å². The molecule has 1 nitrogen and oxygen atoms in total. The normalized spacial score (nSPS) is 20.7. The van der Waals surface area contributed by atoms with Gasteiger partial charge in [0.15, 0.2) is 0 Å². The van der Waals surface area contributed by atoms with E-state index in [1.165, 1.54) is 56.3 Å². The van der Waals surface area contributed by atoms with E-state index in [4.69, 9.17) is 4.42 Å². The van der Waals surface area contributed by atoms with Crippen molar-refractivity contribution in [2.24, 2.45) is 5.92 Å². The molecule has 0 amide bonds. The number of hydrogen-bond donors (Lipinski definition) is 0. The third kappa shape index (κ3) is 3.54. The van der Waals surface area contributed by atoms with E-state index in [-0.39, 0.29) is 5.41 Å². The van der Waals surface area contributed by atoms with Crippen molar-refractivity contribution in [3.05, 3.63) is 44.5 Å². The molecule has 2 aliphatic rings.